The van der Waals surface area contributed by atoms with Gasteiger partial charge in [0.05, 0.1) is 5.92 Å². The van der Waals surface area contributed by atoms with Crippen LogP contribution in [0.3, 0.4) is 0 Å². The van der Waals surface area contributed by atoms with E-state index in [1.54, 1.807) is 0 Å². The smallest absolute Gasteiger partial charge is 0.306 e. The molecule has 2 atom stereocenters. The molecule has 0 bridgehead atoms. The van der Waals surface area contributed by atoms with Gasteiger partial charge in [0.2, 0.25) is 0 Å². The average Bonchev–Trinajstić information content (AvgIpc) is 2.47. The molecule has 2 unspecified atom stereocenters. The van der Waals surface area contributed by atoms with Gasteiger partial charge in [-0.2, -0.15) is 0 Å². The minimum absolute atomic E-state index is 0.0974. The van der Waals surface area contributed by atoms with Gasteiger partial charge < -0.3 is 5.11 Å². The fourth-order valence-corrected chi connectivity index (χ4v) is 2.83. The van der Waals surface area contributed by atoms with E-state index in [4.69, 9.17) is 0 Å². The third kappa shape index (κ3) is 12.9. The minimum atomic E-state index is -0.578. The van der Waals surface area contributed by atoms with Crippen molar-refractivity contribution in [2.45, 2.75) is 104 Å². The summed E-state index contributed by atoms with van der Waals surface area (Å²) in [6.07, 6.45) is 15.3. The highest BCUT2D eigenvalue weighted by Gasteiger charge is 2.16. The Kier molecular flexibility index (Phi) is 14.0. The molecule has 1 N–H and O–H groups in total. The summed E-state index contributed by atoms with van der Waals surface area (Å²) >= 11 is 0. The fourth-order valence-electron chi connectivity index (χ4n) is 2.83. The summed E-state index contributed by atoms with van der Waals surface area (Å²) < 4.78 is 0. The molecule has 0 rings (SSSR count). The van der Waals surface area contributed by atoms with E-state index in [1.807, 2.05) is 0 Å². The van der Waals surface area contributed by atoms with Crippen LogP contribution in [0.4, 0.5) is 0 Å². The molecule has 0 aliphatic carbocycles. The van der Waals surface area contributed by atoms with Crippen LogP contribution in [-0.2, 0) is 4.79 Å². The highest BCUT2D eigenvalue weighted by Crippen LogP contribution is 2.20. The summed E-state index contributed by atoms with van der Waals surface area (Å²) in [5.74, 6) is 0.147. The van der Waals surface area contributed by atoms with Crippen LogP contribution in [0.5, 0.6) is 0 Å². The van der Waals surface area contributed by atoms with Gasteiger partial charge in [-0.25, -0.2) is 0 Å². The van der Waals surface area contributed by atoms with Crippen molar-refractivity contribution in [1.29, 1.82) is 0 Å². The number of carbonyl (C=O) groups is 1. The largest absolute Gasteiger partial charge is 0.481 e. The quantitative estimate of drug-likeness (QED) is 0.353. The van der Waals surface area contributed by atoms with Crippen molar-refractivity contribution in [3.8, 4) is 0 Å². The molecule has 0 heterocycles. The van der Waals surface area contributed by atoms with Crippen molar-refractivity contribution in [3.05, 3.63) is 0 Å². The number of aliphatic carboxylic acids is 1. The molecule has 0 saturated heterocycles. The van der Waals surface area contributed by atoms with E-state index in [2.05, 4.69) is 20.8 Å². The molecule has 0 aliphatic heterocycles. The van der Waals surface area contributed by atoms with Gasteiger partial charge >= 0.3 is 5.97 Å². The second-order valence-electron chi connectivity index (χ2n) is 6.74. The van der Waals surface area contributed by atoms with Gasteiger partial charge in [0, 0.05) is 0 Å². The van der Waals surface area contributed by atoms with E-state index in [-0.39, 0.29) is 5.92 Å². The molecule has 0 spiro atoms. The normalized spacial score (nSPS) is 14.0. The second kappa shape index (κ2) is 14.4. The summed E-state index contributed by atoms with van der Waals surface area (Å²) in [4.78, 5) is 11.3. The first-order valence-corrected chi connectivity index (χ1v) is 9.34. The molecule has 2 nitrogen and oxygen atoms in total. The number of carboxylic acid groups (broad SMARTS) is 1. The first kappa shape index (κ1) is 20.5. The van der Waals surface area contributed by atoms with Gasteiger partial charge in [-0.05, 0) is 18.8 Å². The Morgan fingerprint density at radius 1 is 0.810 bits per heavy atom. The van der Waals surface area contributed by atoms with Crippen LogP contribution < -0.4 is 0 Å². The molecule has 2 heteroatoms. The topological polar surface area (TPSA) is 37.3 Å². The van der Waals surface area contributed by atoms with E-state index in [0.717, 1.165) is 31.6 Å². The van der Waals surface area contributed by atoms with Crippen molar-refractivity contribution in [2.24, 2.45) is 11.8 Å². The zero-order chi connectivity index (χ0) is 15.9. The Morgan fingerprint density at radius 3 is 1.81 bits per heavy atom. The maximum Gasteiger partial charge on any atom is 0.306 e. The van der Waals surface area contributed by atoms with Crippen molar-refractivity contribution in [3.63, 3.8) is 0 Å². The minimum Gasteiger partial charge on any atom is -0.481 e. The number of hydrogen-bond acceptors (Lipinski definition) is 1. The number of hydrogen-bond donors (Lipinski definition) is 1. The summed E-state index contributed by atoms with van der Waals surface area (Å²) in [6.45, 7) is 6.77. The van der Waals surface area contributed by atoms with Crippen LogP contribution in [0.2, 0.25) is 0 Å². The number of unbranched alkanes of at least 4 members (excludes halogenated alkanes) is 7. The summed E-state index contributed by atoms with van der Waals surface area (Å²) in [5.41, 5.74) is 0. The predicted molar refractivity (Wildman–Crippen MR) is 91.7 cm³/mol. The monoisotopic (exact) mass is 298 g/mol. The maximum absolute atomic E-state index is 11.3. The lowest BCUT2D eigenvalue weighted by Gasteiger charge is -2.12. The summed E-state index contributed by atoms with van der Waals surface area (Å²) in [7, 11) is 0. The van der Waals surface area contributed by atoms with Crippen molar-refractivity contribution >= 4 is 5.97 Å². The van der Waals surface area contributed by atoms with Gasteiger partial charge in [0.15, 0.2) is 0 Å². The van der Waals surface area contributed by atoms with Gasteiger partial charge in [-0.1, -0.05) is 91.4 Å². The van der Waals surface area contributed by atoms with Crippen LogP contribution in [-0.4, -0.2) is 11.1 Å². The molecule has 0 aromatic carbocycles. The molecular weight excluding hydrogens is 260 g/mol. The molecule has 0 fully saturated rings. The van der Waals surface area contributed by atoms with Crippen molar-refractivity contribution < 1.29 is 9.90 Å². The number of rotatable bonds is 15. The molecule has 0 saturated carbocycles. The van der Waals surface area contributed by atoms with E-state index < -0.39 is 5.97 Å². The number of carboxylic acids is 1. The molecule has 126 valence electrons. The maximum atomic E-state index is 11.3. The molecule has 0 aromatic heterocycles. The van der Waals surface area contributed by atoms with Gasteiger partial charge in [0.25, 0.3) is 0 Å². The molecule has 21 heavy (non-hydrogen) atoms. The fraction of sp³-hybridized carbons (Fsp3) is 0.947. The molecular formula is C19H38O2. The Balaban J connectivity index is 3.61. The van der Waals surface area contributed by atoms with Crippen LogP contribution in [0.25, 0.3) is 0 Å². The molecule has 0 aromatic rings. The summed E-state index contributed by atoms with van der Waals surface area (Å²) in [6, 6.07) is 0. The van der Waals surface area contributed by atoms with Crippen LogP contribution >= 0.6 is 0 Å². The zero-order valence-corrected chi connectivity index (χ0v) is 14.7. The van der Waals surface area contributed by atoms with E-state index in [9.17, 15) is 9.90 Å². The highest BCUT2D eigenvalue weighted by molar-refractivity contribution is 5.69. The SMILES string of the molecule is CCCCCCCCC(CCCCCC(C)CC)C(=O)O. The average molecular weight is 299 g/mol. The third-order valence-corrected chi connectivity index (χ3v) is 4.70. The lowest BCUT2D eigenvalue weighted by molar-refractivity contribution is -0.142. The van der Waals surface area contributed by atoms with E-state index in [1.165, 1.54) is 57.8 Å². The lowest BCUT2D eigenvalue weighted by Crippen LogP contribution is -2.13. The van der Waals surface area contributed by atoms with Crippen molar-refractivity contribution in [2.75, 3.05) is 0 Å². The highest BCUT2D eigenvalue weighted by atomic mass is 16.4. The predicted octanol–water partition coefficient (Wildman–Crippen LogP) is 6.43. The van der Waals surface area contributed by atoms with Crippen molar-refractivity contribution in [1.82, 2.24) is 0 Å². The summed E-state index contributed by atoms with van der Waals surface area (Å²) in [5, 5.41) is 9.30. The lowest BCUT2D eigenvalue weighted by atomic mass is 9.93. The Morgan fingerprint density at radius 2 is 1.29 bits per heavy atom. The molecule has 0 amide bonds. The van der Waals surface area contributed by atoms with E-state index in [0.29, 0.717) is 0 Å². The Bertz CT molecular complexity index is 238. The van der Waals surface area contributed by atoms with Crippen LogP contribution in [0.1, 0.15) is 104 Å². The van der Waals surface area contributed by atoms with Gasteiger partial charge in [0.1, 0.15) is 0 Å². The molecule has 0 radical (unpaired) electrons. The van der Waals surface area contributed by atoms with Gasteiger partial charge in [-0.15, -0.1) is 0 Å². The van der Waals surface area contributed by atoms with Gasteiger partial charge in [-0.3, -0.25) is 4.79 Å². The standard InChI is InChI=1S/C19H38O2/c1-4-6-7-8-9-12-15-18(19(20)21)16-13-10-11-14-17(3)5-2/h17-18H,4-16H2,1-3H3,(H,20,21). The Hall–Kier alpha value is -0.530. The van der Waals surface area contributed by atoms with Crippen LogP contribution in [0.15, 0.2) is 0 Å². The first-order valence-electron chi connectivity index (χ1n) is 9.34. The third-order valence-electron chi connectivity index (χ3n) is 4.70. The molecule has 0 aliphatic rings. The second-order valence-corrected chi connectivity index (χ2v) is 6.74. The zero-order valence-electron chi connectivity index (χ0n) is 14.7. The Labute approximate surface area is 132 Å². The van der Waals surface area contributed by atoms with E-state index >= 15 is 0 Å². The van der Waals surface area contributed by atoms with Crippen LogP contribution in [0, 0.1) is 11.8 Å². The first-order chi connectivity index (χ1) is 10.1.